The van der Waals surface area contributed by atoms with Crippen LogP contribution in [-0.2, 0) is 14.4 Å². The summed E-state index contributed by atoms with van der Waals surface area (Å²) in [5.74, 6) is -0.654. The molecule has 0 aromatic heterocycles. The minimum absolute atomic E-state index is 0.00366. The van der Waals surface area contributed by atoms with Crippen LogP contribution in [0, 0.1) is 10.8 Å². The van der Waals surface area contributed by atoms with Crippen LogP contribution in [-0.4, -0.2) is 17.3 Å². The lowest BCUT2D eigenvalue weighted by molar-refractivity contribution is -0.155. The Balaban J connectivity index is 1.94. The molecule has 4 rings (SSSR count). The summed E-state index contributed by atoms with van der Waals surface area (Å²) >= 11 is 0. The summed E-state index contributed by atoms with van der Waals surface area (Å²) in [4.78, 5) is 40.3. The first-order valence-electron chi connectivity index (χ1n) is 10.0. The molecule has 2 saturated carbocycles. The van der Waals surface area contributed by atoms with Gasteiger partial charge in [0.25, 0.3) is 0 Å². The largest absolute Gasteiger partial charge is 0.300 e. The molecule has 0 heterocycles. The Morgan fingerprint density at radius 3 is 1.46 bits per heavy atom. The molecule has 2 aromatic carbocycles. The van der Waals surface area contributed by atoms with Crippen molar-refractivity contribution in [3.63, 3.8) is 0 Å². The third-order valence-electron chi connectivity index (χ3n) is 6.57. The van der Waals surface area contributed by atoms with Crippen molar-refractivity contribution >= 4 is 17.3 Å². The molecule has 0 saturated heterocycles. The number of rotatable bonds is 2. The molecule has 2 aliphatic rings. The third kappa shape index (κ3) is 2.94. The van der Waals surface area contributed by atoms with E-state index in [0.717, 1.165) is 11.1 Å². The first-order chi connectivity index (χ1) is 13.3. The Kier molecular flexibility index (Phi) is 4.57. The highest BCUT2D eigenvalue weighted by atomic mass is 16.2. The van der Waals surface area contributed by atoms with Gasteiger partial charge in [-0.05, 0) is 16.5 Å². The highest BCUT2D eigenvalue weighted by Gasteiger charge is 2.62. The zero-order chi connectivity index (χ0) is 19.9. The van der Waals surface area contributed by atoms with Crippen LogP contribution < -0.4 is 0 Å². The zero-order valence-electron chi connectivity index (χ0n) is 16.5. The fourth-order valence-corrected chi connectivity index (χ4v) is 5.39. The molecular formula is C25H26O3. The van der Waals surface area contributed by atoms with E-state index in [-0.39, 0.29) is 35.6 Å². The predicted molar refractivity (Wildman–Crippen MR) is 108 cm³/mol. The number of carbonyl (C=O) groups excluding carboxylic acids is 3. The lowest BCUT2D eigenvalue weighted by Gasteiger charge is -2.51. The topological polar surface area (TPSA) is 51.2 Å². The monoisotopic (exact) mass is 374 g/mol. The summed E-state index contributed by atoms with van der Waals surface area (Å²) in [5, 5.41) is 0. The fraction of sp³-hybridized carbons (Fsp3) is 0.400. The van der Waals surface area contributed by atoms with Crippen molar-refractivity contribution in [1.29, 1.82) is 0 Å². The molecular weight excluding hydrogens is 348 g/mol. The number of hydrogen-bond acceptors (Lipinski definition) is 3. The summed E-state index contributed by atoms with van der Waals surface area (Å²) in [5.41, 5.74) is 0.353. The van der Waals surface area contributed by atoms with E-state index in [2.05, 4.69) is 0 Å². The Labute approximate surface area is 166 Å². The smallest absolute Gasteiger partial charge is 0.148 e. The summed E-state index contributed by atoms with van der Waals surface area (Å²) in [6.45, 7) is 3.97. The van der Waals surface area contributed by atoms with Gasteiger partial charge in [0.2, 0.25) is 0 Å². The maximum atomic E-state index is 13.7. The van der Waals surface area contributed by atoms with Gasteiger partial charge in [-0.15, -0.1) is 0 Å². The molecule has 2 atom stereocenters. The second kappa shape index (κ2) is 6.80. The van der Waals surface area contributed by atoms with Crippen molar-refractivity contribution in [1.82, 2.24) is 0 Å². The average molecular weight is 374 g/mol. The predicted octanol–water partition coefficient (Wildman–Crippen LogP) is 4.86. The number of Topliss-reactive ketones (excluding diaryl/α,β-unsaturated/α-hetero) is 3. The van der Waals surface area contributed by atoms with Crippen LogP contribution in [0.15, 0.2) is 60.7 Å². The van der Waals surface area contributed by atoms with Gasteiger partial charge < -0.3 is 0 Å². The van der Waals surface area contributed by atoms with Gasteiger partial charge in [0, 0.05) is 37.5 Å². The molecule has 0 amide bonds. The van der Waals surface area contributed by atoms with E-state index < -0.39 is 17.3 Å². The van der Waals surface area contributed by atoms with E-state index >= 15 is 0 Å². The molecule has 2 aromatic rings. The van der Waals surface area contributed by atoms with Gasteiger partial charge in [-0.25, -0.2) is 0 Å². The van der Waals surface area contributed by atoms with Crippen molar-refractivity contribution < 1.29 is 14.4 Å². The van der Waals surface area contributed by atoms with Crippen LogP contribution in [0.5, 0.6) is 0 Å². The van der Waals surface area contributed by atoms with Crippen molar-refractivity contribution in [2.45, 2.75) is 51.4 Å². The van der Waals surface area contributed by atoms with Crippen LogP contribution in [0.25, 0.3) is 0 Å². The molecule has 0 N–H and O–H groups in total. The van der Waals surface area contributed by atoms with Crippen LogP contribution >= 0.6 is 0 Å². The molecule has 2 fully saturated rings. The number of hydrogen-bond donors (Lipinski definition) is 0. The minimum atomic E-state index is -1.15. The molecule has 1 spiro atoms. The van der Waals surface area contributed by atoms with Crippen molar-refractivity contribution in [2.75, 3.05) is 0 Å². The lowest BCUT2D eigenvalue weighted by atomic mass is 9.48. The SMILES string of the molecule is CC1(C)CC(=O)C2(C(=O)C1)C(c1ccccc1)CC(=O)CC2c1ccccc1. The maximum Gasteiger partial charge on any atom is 0.148 e. The minimum Gasteiger partial charge on any atom is -0.300 e. The maximum absolute atomic E-state index is 13.7. The van der Waals surface area contributed by atoms with Gasteiger partial charge in [0.05, 0.1) is 0 Å². The van der Waals surface area contributed by atoms with Crippen molar-refractivity contribution in [3.8, 4) is 0 Å². The van der Waals surface area contributed by atoms with Gasteiger partial charge in [0.15, 0.2) is 0 Å². The number of ketones is 3. The normalized spacial score (nSPS) is 26.4. The van der Waals surface area contributed by atoms with Crippen molar-refractivity contribution in [3.05, 3.63) is 71.8 Å². The van der Waals surface area contributed by atoms with E-state index in [9.17, 15) is 14.4 Å². The summed E-state index contributed by atoms with van der Waals surface area (Å²) in [6, 6.07) is 19.3. The molecule has 3 heteroatoms. The highest BCUT2D eigenvalue weighted by molar-refractivity contribution is 6.13. The summed E-state index contributed by atoms with van der Waals surface area (Å²) in [6.07, 6.45) is 1.26. The molecule has 2 aliphatic carbocycles. The first-order valence-corrected chi connectivity index (χ1v) is 10.0. The Hall–Kier alpha value is -2.55. The van der Waals surface area contributed by atoms with Gasteiger partial charge in [-0.1, -0.05) is 74.5 Å². The van der Waals surface area contributed by atoms with E-state index in [4.69, 9.17) is 0 Å². The molecule has 144 valence electrons. The van der Waals surface area contributed by atoms with Crippen molar-refractivity contribution in [2.24, 2.45) is 10.8 Å². The van der Waals surface area contributed by atoms with Crippen LogP contribution in [0.4, 0.5) is 0 Å². The van der Waals surface area contributed by atoms with Crippen LogP contribution in [0.3, 0.4) is 0 Å². The first kappa shape index (κ1) is 18.8. The van der Waals surface area contributed by atoms with Crippen LogP contribution in [0.2, 0.25) is 0 Å². The Morgan fingerprint density at radius 1 is 0.679 bits per heavy atom. The number of carbonyl (C=O) groups is 3. The van der Waals surface area contributed by atoms with Gasteiger partial charge in [-0.2, -0.15) is 0 Å². The molecule has 0 aliphatic heterocycles. The quantitative estimate of drug-likeness (QED) is 0.705. The molecule has 0 bridgehead atoms. The van der Waals surface area contributed by atoms with Crippen LogP contribution in [0.1, 0.15) is 62.5 Å². The van der Waals surface area contributed by atoms with E-state index in [1.807, 2.05) is 74.5 Å². The molecule has 3 nitrogen and oxygen atoms in total. The lowest BCUT2D eigenvalue weighted by Crippen LogP contribution is -2.57. The molecule has 28 heavy (non-hydrogen) atoms. The second-order valence-electron chi connectivity index (χ2n) is 9.11. The molecule has 2 unspecified atom stereocenters. The second-order valence-corrected chi connectivity index (χ2v) is 9.11. The summed E-state index contributed by atoms with van der Waals surface area (Å²) < 4.78 is 0. The summed E-state index contributed by atoms with van der Waals surface area (Å²) in [7, 11) is 0. The fourth-order valence-electron chi connectivity index (χ4n) is 5.39. The average Bonchev–Trinajstić information content (AvgIpc) is 2.67. The number of benzene rings is 2. The molecule has 0 radical (unpaired) electrons. The van der Waals surface area contributed by atoms with E-state index in [1.165, 1.54) is 0 Å². The van der Waals surface area contributed by atoms with Gasteiger partial charge in [-0.3, -0.25) is 14.4 Å². The highest BCUT2D eigenvalue weighted by Crippen LogP contribution is 2.59. The van der Waals surface area contributed by atoms with E-state index in [1.54, 1.807) is 0 Å². The standard InChI is InChI=1S/C25H26O3/c1-24(2)15-22(27)25(23(28)16-24)20(17-9-5-3-6-10-17)13-19(26)14-21(25)18-11-7-4-8-12-18/h3-12,20-21H,13-16H2,1-2H3. The Bertz CT molecular complexity index is 838. The van der Waals surface area contributed by atoms with E-state index in [0.29, 0.717) is 12.8 Å². The van der Waals surface area contributed by atoms with Gasteiger partial charge >= 0.3 is 0 Å². The third-order valence-corrected chi connectivity index (χ3v) is 6.57. The van der Waals surface area contributed by atoms with Gasteiger partial charge in [0.1, 0.15) is 22.8 Å². The Morgan fingerprint density at radius 2 is 1.07 bits per heavy atom. The zero-order valence-corrected chi connectivity index (χ0v) is 16.5.